The van der Waals surface area contributed by atoms with Crippen LogP contribution in [0, 0.1) is 0 Å². The quantitative estimate of drug-likeness (QED) is 0.128. The van der Waals surface area contributed by atoms with Crippen molar-refractivity contribution < 1.29 is 0 Å². The lowest BCUT2D eigenvalue weighted by atomic mass is 9.95. The predicted octanol–water partition coefficient (Wildman–Crippen LogP) is 16.3. The van der Waals surface area contributed by atoms with Crippen LogP contribution in [0.2, 0.25) is 0 Å². The van der Waals surface area contributed by atoms with E-state index in [2.05, 4.69) is 240 Å². The molecule has 66 heavy (non-hydrogen) atoms. The SMILES string of the molecule is c1ccc(-c2c3ccccc3nc3c2ccc2ccc(-c4ccc5cc(-c6cc(-n7c8ccccc8c8ccccc87)cc(-n7c8ccccc8c8ccccc87)c6)ccc5c4)nc23)cc1. The minimum Gasteiger partial charge on any atom is -0.309 e. The minimum atomic E-state index is 0.908. The van der Waals surface area contributed by atoms with Gasteiger partial charge in [0.15, 0.2) is 0 Å². The topological polar surface area (TPSA) is 35.6 Å². The monoisotopic (exact) mass is 838 g/mol. The van der Waals surface area contributed by atoms with E-state index in [4.69, 9.17) is 9.97 Å². The van der Waals surface area contributed by atoms with Crippen molar-refractivity contribution >= 4 is 87.1 Å². The van der Waals surface area contributed by atoms with Gasteiger partial charge in [-0.3, -0.25) is 0 Å². The highest BCUT2D eigenvalue weighted by molar-refractivity contribution is 6.16. The summed E-state index contributed by atoms with van der Waals surface area (Å²) in [6, 6.07) is 83.5. The Kier molecular flexibility index (Phi) is 7.95. The summed E-state index contributed by atoms with van der Waals surface area (Å²) in [6.45, 7) is 0. The fraction of sp³-hybridized carbons (Fsp3) is 0. The summed E-state index contributed by atoms with van der Waals surface area (Å²) in [6.07, 6.45) is 0. The molecule has 0 aliphatic heterocycles. The van der Waals surface area contributed by atoms with Gasteiger partial charge in [-0.15, -0.1) is 0 Å². The molecular weight excluding hydrogens is 801 g/mol. The highest BCUT2D eigenvalue weighted by Gasteiger charge is 2.19. The van der Waals surface area contributed by atoms with Crippen LogP contribution in [0.1, 0.15) is 0 Å². The lowest BCUT2D eigenvalue weighted by Gasteiger charge is -2.16. The van der Waals surface area contributed by atoms with Gasteiger partial charge in [0, 0.05) is 60.2 Å². The first-order valence-corrected chi connectivity index (χ1v) is 22.6. The molecule has 0 saturated carbocycles. The maximum absolute atomic E-state index is 5.37. The van der Waals surface area contributed by atoms with E-state index in [1.54, 1.807) is 0 Å². The summed E-state index contributed by atoms with van der Waals surface area (Å²) in [4.78, 5) is 10.6. The van der Waals surface area contributed by atoms with Gasteiger partial charge in [-0.1, -0.05) is 164 Å². The number of nitrogens with zero attached hydrogens (tertiary/aromatic N) is 4. The molecule has 0 fully saturated rings. The number of benzene rings is 10. The lowest BCUT2D eigenvalue weighted by molar-refractivity contribution is 1.13. The Morgan fingerprint density at radius 1 is 0.273 bits per heavy atom. The maximum Gasteiger partial charge on any atom is 0.0978 e. The molecule has 0 aliphatic rings. The van der Waals surface area contributed by atoms with E-state index in [0.29, 0.717) is 0 Å². The largest absolute Gasteiger partial charge is 0.309 e. The van der Waals surface area contributed by atoms with Gasteiger partial charge in [0.25, 0.3) is 0 Å². The summed E-state index contributed by atoms with van der Waals surface area (Å²) in [7, 11) is 0. The van der Waals surface area contributed by atoms with Gasteiger partial charge >= 0.3 is 0 Å². The van der Waals surface area contributed by atoms with Crippen LogP contribution in [0.5, 0.6) is 0 Å². The van der Waals surface area contributed by atoms with Crippen LogP contribution in [-0.4, -0.2) is 19.1 Å². The Morgan fingerprint density at radius 3 is 1.36 bits per heavy atom. The van der Waals surface area contributed by atoms with Crippen LogP contribution in [0.4, 0.5) is 0 Å². The first kappa shape index (κ1) is 36.6. The third-order valence-corrected chi connectivity index (χ3v) is 13.6. The minimum absolute atomic E-state index is 0.908. The first-order valence-electron chi connectivity index (χ1n) is 22.6. The second-order valence-electron chi connectivity index (χ2n) is 17.4. The molecule has 0 spiro atoms. The molecular formula is C62H38N4. The number of para-hydroxylation sites is 5. The Morgan fingerprint density at radius 2 is 0.758 bits per heavy atom. The third kappa shape index (κ3) is 5.58. The average molecular weight is 839 g/mol. The molecule has 0 saturated heterocycles. The van der Waals surface area contributed by atoms with E-state index < -0.39 is 0 Å². The highest BCUT2D eigenvalue weighted by Crippen LogP contribution is 2.40. The molecule has 4 heterocycles. The van der Waals surface area contributed by atoms with Gasteiger partial charge in [0.1, 0.15) is 0 Å². The second-order valence-corrected chi connectivity index (χ2v) is 17.4. The van der Waals surface area contributed by atoms with E-state index in [1.807, 2.05) is 0 Å². The van der Waals surface area contributed by atoms with Crippen LogP contribution in [-0.2, 0) is 0 Å². The van der Waals surface area contributed by atoms with E-state index in [0.717, 1.165) is 71.9 Å². The Balaban J connectivity index is 0.929. The van der Waals surface area contributed by atoms with Crippen LogP contribution in [0.25, 0.3) is 132 Å². The summed E-state index contributed by atoms with van der Waals surface area (Å²) in [5.74, 6) is 0. The summed E-state index contributed by atoms with van der Waals surface area (Å²) < 4.78 is 4.86. The van der Waals surface area contributed by atoms with E-state index in [9.17, 15) is 0 Å². The standard InChI is InChI=1S/C62H38N4/c1-2-14-39(15-3-1)60-52-20-4-9-21-55(52)64-62-53(60)32-30-40-31-33-54(63-61(40)62)44-29-28-41-34-43(27-26-42(41)35-44)45-36-46(65-56-22-10-5-16-48(56)49-17-6-11-23-57(49)65)38-47(37-45)66-58-24-12-7-18-50(58)51-19-8-13-25-59(51)66/h1-38H. The van der Waals surface area contributed by atoms with Gasteiger partial charge in [-0.2, -0.15) is 0 Å². The molecule has 0 aliphatic carbocycles. The molecule has 4 heteroatoms. The fourth-order valence-electron chi connectivity index (χ4n) is 10.6. The average Bonchev–Trinajstić information content (AvgIpc) is 3.91. The number of fused-ring (bicyclic) bond motifs is 11. The van der Waals surface area contributed by atoms with Gasteiger partial charge < -0.3 is 9.13 Å². The highest BCUT2D eigenvalue weighted by atomic mass is 15.0. The predicted molar refractivity (Wildman–Crippen MR) is 277 cm³/mol. The molecule has 14 aromatic rings. The molecule has 0 N–H and O–H groups in total. The zero-order valence-electron chi connectivity index (χ0n) is 35.7. The van der Waals surface area contributed by atoms with Gasteiger partial charge in [-0.05, 0) is 94.2 Å². The fourth-order valence-corrected chi connectivity index (χ4v) is 10.6. The molecule has 0 unspecified atom stereocenters. The van der Waals surface area contributed by atoms with E-state index in [-0.39, 0.29) is 0 Å². The molecule has 14 rings (SSSR count). The van der Waals surface area contributed by atoms with Crippen LogP contribution < -0.4 is 0 Å². The van der Waals surface area contributed by atoms with Crippen molar-refractivity contribution in [3.8, 4) is 44.9 Å². The summed E-state index contributed by atoms with van der Waals surface area (Å²) >= 11 is 0. The Bertz CT molecular complexity index is 4050. The maximum atomic E-state index is 5.37. The van der Waals surface area contributed by atoms with Gasteiger partial charge in [0.05, 0.1) is 44.3 Å². The molecule has 4 aromatic heterocycles. The van der Waals surface area contributed by atoms with E-state index in [1.165, 1.54) is 60.1 Å². The van der Waals surface area contributed by atoms with Crippen molar-refractivity contribution in [2.24, 2.45) is 0 Å². The molecule has 10 aromatic carbocycles. The van der Waals surface area contributed by atoms with Crippen molar-refractivity contribution in [1.29, 1.82) is 0 Å². The van der Waals surface area contributed by atoms with Gasteiger partial charge in [-0.25, -0.2) is 9.97 Å². The molecule has 0 atom stereocenters. The van der Waals surface area contributed by atoms with E-state index >= 15 is 0 Å². The Hall–Kier alpha value is -8.86. The number of hydrogen-bond donors (Lipinski definition) is 0. The first-order chi connectivity index (χ1) is 32.7. The third-order valence-electron chi connectivity index (χ3n) is 13.6. The van der Waals surface area contributed by atoms with Crippen LogP contribution in [0.3, 0.4) is 0 Å². The second kappa shape index (κ2) is 14.3. The van der Waals surface area contributed by atoms with Crippen molar-refractivity contribution in [3.63, 3.8) is 0 Å². The summed E-state index contributed by atoms with van der Waals surface area (Å²) in [5, 5.41) is 10.6. The summed E-state index contributed by atoms with van der Waals surface area (Å²) in [5.41, 5.74) is 16.4. The van der Waals surface area contributed by atoms with Crippen molar-refractivity contribution in [2.45, 2.75) is 0 Å². The smallest absolute Gasteiger partial charge is 0.0978 e. The number of rotatable bonds is 5. The number of hydrogen-bond acceptors (Lipinski definition) is 2. The molecule has 0 radical (unpaired) electrons. The van der Waals surface area contributed by atoms with Crippen LogP contribution in [0.15, 0.2) is 231 Å². The molecule has 306 valence electrons. The molecule has 4 nitrogen and oxygen atoms in total. The number of pyridine rings is 2. The normalized spacial score (nSPS) is 11.9. The number of aromatic nitrogens is 4. The van der Waals surface area contributed by atoms with Crippen molar-refractivity contribution in [3.05, 3.63) is 231 Å². The Labute approximate surface area is 379 Å². The zero-order chi connectivity index (χ0) is 43.3. The molecule has 0 amide bonds. The van der Waals surface area contributed by atoms with Crippen molar-refractivity contribution in [1.82, 2.24) is 19.1 Å². The lowest BCUT2D eigenvalue weighted by Crippen LogP contribution is -2.00. The van der Waals surface area contributed by atoms with Gasteiger partial charge in [0.2, 0.25) is 0 Å². The molecule has 0 bridgehead atoms. The zero-order valence-corrected chi connectivity index (χ0v) is 35.7. The van der Waals surface area contributed by atoms with Crippen molar-refractivity contribution in [2.75, 3.05) is 0 Å². The van der Waals surface area contributed by atoms with Crippen LogP contribution >= 0.6 is 0 Å².